The molecule has 26 heavy (non-hydrogen) atoms. The van der Waals surface area contributed by atoms with E-state index >= 15 is 0 Å². The molecule has 1 unspecified atom stereocenters. The Morgan fingerprint density at radius 3 is 1.96 bits per heavy atom. The van der Waals surface area contributed by atoms with Crippen molar-refractivity contribution in [3.05, 3.63) is 29.8 Å². The molecule has 4 nitrogen and oxygen atoms in total. The van der Waals surface area contributed by atoms with E-state index in [9.17, 15) is 5.11 Å². The lowest BCUT2D eigenvalue weighted by Gasteiger charge is -2.04. The van der Waals surface area contributed by atoms with Crippen molar-refractivity contribution in [2.75, 3.05) is 26.4 Å². The van der Waals surface area contributed by atoms with Crippen LogP contribution in [0.2, 0.25) is 0 Å². The smallest absolute Gasteiger partial charge is 0.118 e. The Kier molecular flexibility index (Phi) is 17.9. The summed E-state index contributed by atoms with van der Waals surface area (Å²) in [5, 5.41) is 17.7. The van der Waals surface area contributed by atoms with Crippen LogP contribution in [0, 0.1) is 0 Å². The van der Waals surface area contributed by atoms with Gasteiger partial charge in [0, 0.05) is 13.2 Å². The van der Waals surface area contributed by atoms with E-state index in [-0.39, 0.29) is 12.7 Å². The largest absolute Gasteiger partial charge is 0.508 e. The van der Waals surface area contributed by atoms with Gasteiger partial charge in [-0.3, -0.25) is 0 Å². The van der Waals surface area contributed by atoms with E-state index in [0.29, 0.717) is 5.75 Å². The van der Waals surface area contributed by atoms with Crippen molar-refractivity contribution in [3.63, 3.8) is 0 Å². The van der Waals surface area contributed by atoms with Gasteiger partial charge < -0.3 is 19.7 Å². The summed E-state index contributed by atoms with van der Waals surface area (Å²) in [5.41, 5.74) is 1.09. The van der Waals surface area contributed by atoms with Gasteiger partial charge in [0.2, 0.25) is 0 Å². The zero-order valence-electron chi connectivity index (χ0n) is 17.1. The van der Waals surface area contributed by atoms with Crippen LogP contribution in [-0.4, -0.2) is 42.7 Å². The summed E-state index contributed by atoms with van der Waals surface area (Å²) >= 11 is 0. The number of aryl methyl sites for hydroxylation is 1. The van der Waals surface area contributed by atoms with Gasteiger partial charge in [0.1, 0.15) is 11.9 Å². The lowest BCUT2D eigenvalue weighted by molar-refractivity contribution is 0.162. The van der Waals surface area contributed by atoms with Gasteiger partial charge in [0.05, 0.1) is 13.2 Å². The lowest BCUT2D eigenvalue weighted by Crippen LogP contribution is -1.88. The molecule has 4 heteroatoms. The van der Waals surface area contributed by atoms with Crippen molar-refractivity contribution < 1.29 is 19.7 Å². The zero-order chi connectivity index (χ0) is 19.5. The van der Waals surface area contributed by atoms with Crippen LogP contribution < -0.4 is 0 Å². The molecule has 0 aliphatic carbocycles. The summed E-state index contributed by atoms with van der Waals surface area (Å²) in [4.78, 5) is 0. The fourth-order valence-electron chi connectivity index (χ4n) is 2.37. The summed E-state index contributed by atoms with van der Waals surface area (Å²) in [6, 6.07) is 7.67. The first-order valence-electron chi connectivity index (χ1n) is 10.3. The third-order valence-corrected chi connectivity index (χ3v) is 4.06. The highest BCUT2D eigenvalue weighted by Gasteiger charge is 2.19. The molecule has 0 amide bonds. The van der Waals surface area contributed by atoms with Gasteiger partial charge in [-0.2, -0.15) is 0 Å². The normalized spacial score (nSPS) is 14.7. The highest BCUT2D eigenvalue weighted by molar-refractivity contribution is 5.31. The Bertz CT molecular complexity index is 403. The summed E-state index contributed by atoms with van der Waals surface area (Å²) in [7, 11) is 0. The summed E-state index contributed by atoms with van der Waals surface area (Å²) in [6.07, 6.45) is 10.5. The predicted molar refractivity (Wildman–Crippen MR) is 109 cm³/mol. The molecule has 152 valence electrons. The molecule has 1 aliphatic rings. The van der Waals surface area contributed by atoms with Crippen molar-refractivity contribution in [1.29, 1.82) is 0 Å². The third-order valence-electron chi connectivity index (χ3n) is 4.06. The number of ether oxygens (including phenoxy) is 2. The molecule has 1 aromatic rings. The summed E-state index contributed by atoms with van der Waals surface area (Å²) in [6.45, 7) is 8.87. The van der Waals surface area contributed by atoms with Gasteiger partial charge >= 0.3 is 0 Å². The van der Waals surface area contributed by atoms with Crippen molar-refractivity contribution in [3.8, 4) is 5.75 Å². The predicted octanol–water partition coefficient (Wildman–Crippen LogP) is 5.11. The lowest BCUT2D eigenvalue weighted by atomic mass is 10.0. The highest BCUT2D eigenvalue weighted by atomic mass is 16.6. The molecule has 0 bridgehead atoms. The standard InChI is InChI=1S/C15H24O.C4H10O.C3H6O2/c1-2-3-4-5-6-7-8-11-14-12-9-10-13-15(14)16;1-3-5-4-2;4-1-3-2-5-3/h9-10,12-13,16H,2-8,11H2,1H3;3-4H2,1-2H3;3-4H,1-2H2. The minimum Gasteiger partial charge on any atom is -0.508 e. The van der Waals surface area contributed by atoms with Crippen LogP contribution in [0.5, 0.6) is 5.75 Å². The number of hydrogen-bond donors (Lipinski definition) is 2. The second kappa shape index (κ2) is 18.7. The highest BCUT2D eigenvalue weighted by Crippen LogP contribution is 2.18. The van der Waals surface area contributed by atoms with Crippen molar-refractivity contribution in [2.45, 2.75) is 78.2 Å². The minimum absolute atomic E-state index is 0.190. The van der Waals surface area contributed by atoms with Crippen LogP contribution in [0.15, 0.2) is 24.3 Å². The first-order chi connectivity index (χ1) is 12.7. The number of phenols is 1. The van der Waals surface area contributed by atoms with E-state index in [4.69, 9.17) is 9.84 Å². The maximum atomic E-state index is 9.58. The Labute approximate surface area is 160 Å². The number of para-hydroxylation sites is 1. The molecular weight excluding hydrogens is 328 g/mol. The molecular formula is C22H40O4. The van der Waals surface area contributed by atoms with E-state index in [2.05, 4.69) is 11.7 Å². The first-order valence-corrected chi connectivity index (χ1v) is 10.3. The fraction of sp³-hybridized carbons (Fsp3) is 0.727. The number of epoxide rings is 1. The SMILES string of the molecule is CCCCCCCCCc1ccccc1O.CCOCC.OCC1CO1. The van der Waals surface area contributed by atoms with E-state index in [1.54, 1.807) is 6.07 Å². The molecule has 1 heterocycles. The number of aromatic hydroxyl groups is 1. The monoisotopic (exact) mass is 368 g/mol. The first kappa shape index (κ1) is 24.9. The minimum atomic E-state index is 0.190. The molecule has 1 fully saturated rings. The average Bonchev–Trinajstić information content (AvgIpc) is 3.49. The van der Waals surface area contributed by atoms with Gasteiger partial charge in [-0.25, -0.2) is 0 Å². The molecule has 0 radical (unpaired) electrons. The van der Waals surface area contributed by atoms with Gasteiger partial charge in [0.15, 0.2) is 0 Å². The number of unbranched alkanes of at least 4 members (excludes halogenated alkanes) is 6. The van der Waals surface area contributed by atoms with Crippen LogP contribution >= 0.6 is 0 Å². The number of benzene rings is 1. The molecule has 1 aromatic carbocycles. The van der Waals surface area contributed by atoms with E-state index in [1.165, 1.54) is 44.9 Å². The second-order valence-corrected chi connectivity index (χ2v) is 6.42. The molecule has 2 rings (SSSR count). The van der Waals surface area contributed by atoms with Crippen LogP contribution in [0.4, 0.5) is 0 Å². The topological polar surface area (TPSA) is 62.2 Å². The third kappa shape index (κ3) is 16.4. The Morgan fingerprint density at radius 1 is 0.962 bits per heavy atom. The van der Waals surface area contributed by atoms with E-state index in [1.807, 2.05) is 32.0 Å². The number of aliphatic hydroxyl groups is 1. The van der Waals surface area contributed by atoms with Crippen LogP contribution in [0.1, 0.15) is 71.3 Å². The number of hydrogen-bond acceptors (Lipinski definition) is 4. The van der Waals surface area contributed by atoms with E-state index < -0.39 is 0 Å². The molecule has 0 aromatic heterocycles. The molecule has 0 spiro atoms. The number of aliphatic hydroxyl groups excluding tert-OH is 1. The van der Waals surface area contributed by atoms with Gasteiger partial charge in [-0.1, -0.05) is 63.6 Å². The molecule has 1 atom stereocenters. The molecule has 1 aliphatic heterocycles. The van der Waals surface area contributed by atoms with E-state index in [0.717, 1.165) is 31.8 Å². The van der Waals surface area contributed by atoms with Crippen LogP contribution in [0.3, 0.4) is 0 Å². The Morgan fingerprint density at radius 2 is 1.54 bits per heavy atom. The van der Waals surface area contributed by atoms with Gasteiger partial charge in [0.25, 0.3) is 0 Å². The second-order valence-electron chi connectivity index (χ2n) is 6.42. The van der Waals surface area contributed by atoms with Crippen molar-refractivity contribution in [2.24, 2.45) is 0 Å². The van der Waals surface area contributed by atoms with Gasteiger partial charge in [-0.15, -0.1) is 0 Å². The zero-order valence-corrected chi connectivity index (χ0v) is 17.1. The Balaban J connectivity index is 0.000000507. The van der Waals surface area contributed by atoms with Crippen molar-refractivity contribution in [1.82, 2.24) is 0 Å². The summed E-state index contributed by atoms with van der Waals surface area (Å²) < 4.78 is 9.44. The molecule has 2 N–H and O–H groups in total. The fourth-order valence-corrected chi connectivity index (χ4v) is 2.37. The van der Waals surface area contributed by atoms with Crippen LogP contribution in [-0.2, 0) is 15.9 Å². The van der Waals surface area contributed by atoms with Crippen LogP contribution in [0.25, 0.3) is 0 Å². The average molecular weight is 369 g/mol. The van der Waals surface area contributed by atoms with Crippen molar-refractivity contribution >= 4 is 0 Å². The van der Waals surface area contributed by atoms with Gasteiger partial charge in [-0.05, 0) is 38.3 Å². The molecule has 1 saturated heterocycles. The molecule has 0 saturated carbocycles. The summed E-state index contributed by atoms with van der Waals surface area (Å²) in [5.74, 6) is 0.452. The maximum Gasteiger partial charge on any atom is 0.118 e. The number of phenolic OH excluding ortho intramolecular Hbond substituents is 1. The quantitative estimate of drug-likeness (QED) is 0.421. The Hall–Kier alpha value is -1.10. The maximum absolute atomic E-state index is 9.58. The number of rotatable bonds is 11.